The average molecular weight is 546 g/mol. The third kappa shape index (κ3) is 4.49. The Bertz CT molecular complexity index is 1410. The van der Waals surface area contributed by atoms with E-state index < -0.39 is 23.2 Å². The number of fused-ring (bicyclic) bond motifs is 1. The summed E-state index contributed by atoms with van der Waals surface area (Å²) in [4.78, 5) is 0. The fraction of sp³-hybridized carbons (Fsp3) is 0.115. The highest BCUT2D eigenvalue weighted by Gasteiger charge is 2.57. The topological polar surface area (TPSA) is 61.0 Å². The van der Waals surface area contributed by atoms with Crippen molar-refractivity contribution in [2.75, 3.05) is 5.32 Å². The van der Waals surface area contributed by atoms with Crippen molar-refractivity contribution in [2.24, 2.45) is 0 Å². The molecular weight excluding hydrogens is 526 g/mol. The summed E-state index contributed by atoms with van der Waals surface area (Å²) in [5, 5.41) is 22.3. The van der Waals surface area contributed by atoms with Crippen LogP contribution in [0.4, 0.5) is 28.9 Å². The molecule has 4 nitrogen and oxygen atoms in total. The van der Waals surface area contributed by atoms with Crippen LogP contribution in [-0.2, 0) is 12.1 Å². The van der Waals surface area contributed by atoms with Crippen LogP contribution in [0.2, 0.25) is 0 Å². The lowest BCUT2D eigenvalue weighted by molar-refractivity contribution is -0.247. The molecule has 0 amide bonds. The van der Waals surface area contributed by atoms with Gasteiger partial charge in [-0.2, -0.15) is 13.2 Å². The monoisotopic (exact) mass is 545 g/mol. The zero-order valence-corrected chi connectivity index (χ0v) is 19.8. The van der Waals surface area contributed by atoms with Gasteiger partial charge in [-0.1, -0.05) is 34.1 Å². The molecule has 0 radical (unpaired) electrons. The molecule has 0 fully saturated rings. The van der Waals surface area contributed by atoms with Crippen LogP contribution in [0.5, 0.6) is 0 Å². The number of anilines is 2. The van der Waals surface area contributed by atoms with E-state index in [2.05, 4.69) is 27.8 Å². The molecule has 0 bridgehead atoms. The Morgan fingerprint density at radius 3 is 2.40 bits per heavy atom. The Balaban J connectivity index is 1.89. The van der Waals surface area contributed by atoms with Crippen LogP contribution in [0.15, 0.2) is 84.0 Å². The third-order valence-electron chi connectivity index (χ3n) is 5.72. The number of allylic oxidation sites excluding steroid dienone is 1. The van der Waals surface area contributed by atoms with Gasteiger partial charge in [0.15, 0.2) is 0 Å². The molecule has 3 N–H and O–H groups in total. The van der Waals surface area contributed by atoms with Gasteiger partial charge in [-0.15, -0.1) is 6.58 Å². The molecule has 0 saturated carbocycles. The number of nitrogens with zero attached hydrogens (tertiary/aromatic N) is 1. The molecule has 4 rings (SSSR count). The predicted molar refractivity (Wildman–Crippen MR) is 133 cm³/mol. The second kappa shape index (κ2) is 9.31. The largest absolute Gasteiger partial charge is 0.425 e. The number of nitrogens with one attached hydrogen (secondary N) is 2. The normalized spacial score (nSPS) is 13.4. The lowest BCUT2D eigenvalue weighted by Crippen LogP contribution is -2.43. The second-order valence-electron chi connectivity index (χ2n) is 7.93. The first-order valence-electron chi connectivity index (χ1n) is 10.4. The van der Waals surface area contributed by atoms with Gasteiger partial charge in [-0.05, 0) is 54.1 Å². The Morgan fingerprint density at radius 1 is 1.06 bits per heavy atom. The van der Waals surface area contributed by atoms with Crippen LogP contribution >= 0.6 is 15.9 Å². The van der Waals surface area contributed by atoms with E-state index in [-0.39, 0.29) is 23.1 Å². The van der Waals surface area contributed by atoms with Gasteiger partial charge in [-0.25, -0.2) is 4.39 Å². The van der Waals surface area contributed by atoms with Crippen LogP contribution in [0, 0.1) is 11.2 Å². The molecule has 0 aliphatic rings. The molecule has 1 unspecified atom stereocenters. The molecule has 4 aromatic rings. The predicted octanol–water partition coefficient (Wildman–Crippen LogP) is 7.27. The lowest BCUT2D eigenvalue weighted by atomic mass is 9.84. The molecule has 180 valence electrons. The fourth-order valence-corrected chi connectivity index (χ4v) is 4.37. The van der Waals surface area contributed by atoms with Gasteiger partial charge >= 0.3 is 6.18 Å². The Morgan fingerprint density at radius 2 is 1.77 bits per heavy atom. The third-order valence-corrected chi connectivity index (χ3v) is 6.21. The van der Waals surface area contributed by atoms with Crippen molar-refractivity contribution in [2.45, 2.75) is 18.3 Å². The van der Waals surface area contributed by atoms with E-state index in [4.69, 9.17) is 5.41 Å². The summed E-state index contributed by atoms with van der Waals surface area (Å²) in [5.74, 6) is -0.434. The van der Waals surface area contributed by atoms with Gasteiger partial charge in [0.2, 0.25) is 5.60 Å². The van der Waals surface area contributed by atoms with Crippen LogP contribution in [0.3, 0.4) is 0 Å². The fourth-order valence-electron chi connectivity index (χ4n) is 4.03. The maximum atomic E-state index is 14.6. The van der Waals surface area contributed by atoms with E-state index >= 15 is 0 Å². The summed E-state index contributed by atoms with van der Waals surface area (Å²) in [5.41, 5.74) is -2.68. The highest BCUT2D eigenvalue weighted by atomic mass is 79.9. The highest BCUT2D eigenvalue weighted by molar-refractivity contribution is 9.10. The van der Waals surface area contributed by atoms with Gasteiger partial charge in [0.05, 0.1) is 0 Å². The van der Waals surface area contributed by atoms with E-state index in [1.807, 2.05) is 0 Å². The van der Waals surface area contributed by atoms with Gasteiger partial charge in [-0.3, -0.25) is 0 Å². The molecule has 3 aromatic carbocycles. The Labute approximate surface area is 207 Å². The standard InChI is InChI=1S/C26H20BrF4N3O/c1-2-11-34-15-22(21-9-4-18(27)13-24(21)34)25(35,26(29,30)31)17-3-10-23(16(12-17)14-32)33-20-7-5-19(28)6-8-20/h2-10,12-15,32-33,35H,1,11H2. The minimum atomic E-state index is -5.07. The first-order valence-corrected chi connectivity index (χ1v) is 11.2. The first kappa shape index (κ1) is 24.7. The lowest BCUT2D eigenvalue weighted by Gasteiger charge is -2.31. The number of rotatable bonds is 7. The summed E-state index contributed by atoms with van der Waals surface area (Å²) >= 11 is 3.34. The van der Waals surface area contributed by atoms with Gasteiger partial charge < -0.3 is 20.4 Å². The molecule has 35 heavy (non-hydrogen) atoms. The van der Waals surface area contributed by atoms with Crippen molar-refractivity contribution in [3.63, 3.8) is 0 Å². The number of alkyl halides is 3. The smallest absolute Gasteiger partial charge is 0.372 e. The summed E-state index contributed by atoms with van der Waals surface area (Å²) in [7, 11) is 0. The molecule has 0 spiro atoms. The summed E-state index contributed by atoms with van der Waals surface area (Å²) in [6.45, 7) is 3.91. The first-order chi connectivity index (χ1) is 16.6. The maximum absolute atomic E-state index is 14.6. The number of aromatic nitrogens is 1. The number of aliphatic hydroxyl groups is 1. The molecular formula is C26H20BrF4N3O. The van der Waals surface area contributed by atoms with E-state index in [0.717, 1.165) is 12.3 Å². The number of halogens is 5. The van der Waals surface area contributed by atoms with E-state index in [1.165, 1.54) is 48.7 Å². The molecule has 1 heterocycles. The summed E-state index contributed by atoms with van der Waals surface area (Å²) in [6, 6.07) is 13.9. The van der Waals surface area contributed by atoms with Crippen molar-refractivity contribution >= 4 is 44.4 Å². The minimum absolute atomic E-state index is 0.118. The van der Waals surface area contributed by atoms with Gasteiger partial charge in [0, 0.05) is 56.8 Å². The van der Waals surface area contributed by atoms with Gasteiger partial charge in [0.25, 0.3) is 0 Å². The zero-order chi connectivity index (χ0) is 25.4. The van der Waals surface area contributed by atoms with Crippen LogP contribution in [0.1, 0.15) is 16.7 Å². The average Bonchev–Trinajstić information content (AvgIpc) is 3.17. The minimum Gasteiger partial charge on any atom is -0.372 e. The van der Waals surface area contributed by atoms with E-state index in [9.17, 15) is 22.7 Å². The maximum Gasteiger partial charge on any atom is 0.425 e. The number of benzene rings is 3. The molecule has 0 saturated heterocycles. The Kier molecular flexibility index (Phi) is 6.57. The highest BCUT2D eigenvalue weighted by Crippen LogP contribution is 2.48. The van der Waals surface area contributed by atoms with E-state index in [1.54, 1.807) is 22.8 Å². The number of hydrogen-bond acceptors (Lipinski definition) is 3. The second-order valence-corrected chi connectivity index (χ2v) is 8.85. The zero-order valence-electron chi connectivity index (χ0n) is 18.2. The van der Waals surface area contributed by atoms with Crippen molar-refractivity contribution in [1.29, 1.82) is 5.41 Å². The van der Waals surface area contributed by atoms with Crippen molar-refractivity contribution in [3.05, 3.63) is 106 Å². The SMILES string of the molecule is C=CCn1cc(C(O)(c2ccc(Nc3ccc(F)cc3)c(C=N)c2)C(F)(F)F)c2ccc(Br)cc21. The van der Waals surface area contributed by atoms with Crippen LogP contribution in [0.25, 0.3) is 10.9 Å². The molecule has 9 heteroatoms. The van der Waals surface area contributed by atoms with Crippen molar-refractivity contribution < 1.29 is 22.7 Å². The number of hydrogen-bond donors (Lipinski definition) is 3. The van der Waals surface area contributed by atoms with E-state index in [0.29, 0.717) is 21.4 Å². The van der Waals surface area contributed by atoms with Crippen molar-refractivity contribution in [1.82, 2.24) is 4.57 Å². The van der Waals surface area contributed by atoms with Crippen molar-refractivity contribution in [3.8, 4) is 0 Å². The molecule has 1 atom stereocenters. The van der Waals surface area contributed by atoms with Crippen LogP contribution in [-0.4, -0.2) is 22.1 Å². The molecule has 0 aliphatic carbocycles. The molecule has 0 aliphatic heterocycles. The summed E-state index contributed by atoms with van der Waals surface area (Å²) in [6.07, 6.45) is -1.34. The quantitative estimate of drug-likeness (QED) is 0.130. The van der Waals surface area contributed by atoms with Gasteiger partial charge in [0.1, 0.15) is 5.82 Å². The Hall–Kier alpha value is -3.43. The molecule has 1 aromatic heterocycles. The van der Waals surface area contributed by atoms with Crippen LogP contribution < -0.4 is 5.32 Å². The summed E-state index contributed by atoms with van der Waals surface area (Å²) < 4.78 is 59.3.